The first kappa shape index (κ1) is 14.1. The fourth-order valence-electron chi connectivity index (χ4n) is 2.43. The van der Waals surface area contributed by atoms with Gasteiger partial charge in [-0.2, -0.15) is 13.2 Å². The van der Waals surface area contributed by atoms with Crippen molar-refractivity contribution in [3.05, 3.63) is 12.2 Å². The summed E-state index contributed by atoms with van der Waals surface area (Å²) in [6, 6.07) is 0. The molecule has 1 N–H and O–H groups in total. The average molecular weight is 300 g/mol. The maximum absolute atomic E-state index is 12.9. The van der Waals surface area contributed by atoms with Crippen LogP contribution < -0.4 is 4.90 Å². The number of fused-ring (bicyclic) bond motifs is 1. The molecule has 0 radical (unpaired) electrons. The molecule has 0 aliphatic carbocycles. The number of nitrogens with one attached hydrogen (secondary N) is 1. The summed E-state index contributed by atoms with van der Waals surface area (Å²) in [5, 5.41) is 0. The van der Waals surface area contributed by atoms with Crippen molar-refractivity contribution in [2.24, 2.45) is 0 Å². The number of aromatic nitrogens is 4. The zero-order valence-corrected chi connectivity index (χ0v) is 11.5. The lowest BCUT2D eigenvalue weighted by atomic mass is 10.3. The normalized spacial score (nSPS) is 18.2. The third kappa shape index (κ3) is 2.78. The van der Waals surface area contributed by atoms with Gasteiger partial charge in [0.2, 0.25) is 5.82 Å². The largest absolute Gasteiger partial charge is 0.451 e. The Morgan fingerprint density at radius 1 is 1.14 bits per heavy atom. The zero-order valence-electron chi connectivity index (χ0n) is 11.5. The number of aromatic amines is 1. The van der Waals surface area contributed by atoms with E-state index in [1.807, 2.05) is 11.9 Å². The van der Waals surface area contributed by atoms with Crippen molar-refractivity contribution in [3.63, 3.8) is 0 Å². The molecule has 0 saturated carbocycles. The van der Waals surface area contributed by atoms with Gasteiger partial charge in [0, 0.05) is 19.6 Å². The highest BCUT2D eigenvalue weighted by Crippen LogP contribution is 2.30. The maximum atomic E-state index is 12.9. The lowest BCUT2D eigenvalue weighted by Gasteiger charge is -2.22. The van der Waals surface area contributed by atoms with E-state index < -0.39 is 12.0 Å². The molecule has 0 spiro atoms. The van der Waals surface area contributed by atoms with Crippen LogP contribution in [0.15, 0.2) is 6.33 Å². The third-order valence-corrected chi connectivity index (χ3v) is 3.54. The summed E-state index contributed by atoms with van der Waals surface area (Å²) in [4.78, 5) is 17.9. The Bertz CT molecular complexity index is 637. The van der Waals surface area contributed by atoms with Crippen LogP contribution in [0, 0.1) is 0 Å². The number of imidazole rings is 1. The van der Waals surface area contributed by atoms with E-state index in [1.165, 1.54) is 6.33 Å². The zero-order chi connectivity index (χ0) is 15.0. The molecule has 1 saturated heterocycles. The molecule has 3 heterocycles. The van der Waals surface area contributed by atoms with Crippen LogP contribution in [0.5, 0.6) is 0 Å². The summed E-state index contributed by atoms with van der Waals surface area (Å²) in [5.41, 5.74) is 0.498. The fraction of sp³-hybridized carbons (Fsp3) is 0.583. The molecule has 1 aliphatic rings. The highest BCUT2D eigenvalue weighted by molar-refractivity contribution is 5.83. The third-order valence-electron chi connectivity index (χ3n) is 3.54. The van der Waals surface area contributed by atoms with Gasteiger partial charge in [0.25, 0.3) is 0 Å². The van der Waals surface area contributed by atoms with Gasteiger partial charge in [-0.25, -0.2) is 15.0 Å². The van der Waals surface area contributed by atoms with Crippen LogP contribution in [0.3, 0.4) is 0 Å². The van der Waals surface area contributed by atoms with Crippen molar-refractivity contribution < 1.29 is 13.2 Å². The van der Waals surface area contributed by atoms with Crippen LogP contribution in [-0.4, -0.2) is 58.1 Å². The summed E-state index contributed by atoms with van der Waals surface area (Å²) in [7, 11) is 2.00. The lowest BCUT2D eigenvalue weighted by Crippen LogP contribution is -2.30. The second-order valence-corrected chi connectivity index (χ2v) is 5.11. The van der Waals surface area contributed by atoms with Gasteiger partial charge in [0.05, 0.1) is 6.33 Å². The molecule has 114 valence electrons. The van der Waals surface area contributed by atoms with Crippen molar-refractivity contribution in [3.8, 4) is 0 Å². The molecule has 0 aromatic carbocycles. The molecule has 2 aromatic rings. The molecule has 9 heteroatoms. The standard InChI is InChI=1S/C12H15F3N6/c1-20-3-2-4-21(6-5-20)10-8-9(17-7-16-8)18-11(19-10)12(13,14)15/h7H,2-6H2,1H3,(H,16,17,18,19). The first-order valence-corrected chi connectivity index (χ1v) is 6.67. The van der Waals surface area contributed by atoms with E-state index in [0.717, 1.165) is 19.5 Å². The van der Waals surface area contributed by atoms with Crippen LogP contribution in [0.1, 0.15) is 12.2 Å². The summed E-state index contributed by atoms with van der Waals surface area (Å²) >= 11 is 0. The Kier molecular flexibility index (Phi) is 3.44. The van der Waals surface area contributed by atoms with Crippen molar-refractivity contribution in [1.82, 2.24) is 24.8 Å². The van der Waals surface area contributed by atoms with Gasteiger partial charge in [0.15, 0.2) is 11.5 Å². The monoisotopic (exact) mass is 300 g/mol. The number of nitrogens with zero attached hydrogens (tertiary/aromatic N) is 5. The molecule has 0 amide bonds. The first-order valence-electron chi connectivity index (χ1n) is 6.67. The molecule has 6 nitrogen and oxygen atoms in total. The fourth-order valence-corrected chi connectivity index (χ4v) is 2.43. The van der Waals surface area contributed by atoms with Gasteiger partial charge in [-0.15, -0.1) is 0 Å². The topological polar surface area (TPSA) is 60.9 Å². The minimum atomic E-state index is -4.58. The number of likely N-dealkylation sites (N-methyl/N-ethyl adjacent to an activating group) is 1. The minimum absolute atomic E-state index is 0.0462. The van der Waals surface area contributed by atoms with Crippen LogP contribution in [0.2, 0.25) is 0 Å². The Labute approximate surface area is 119 Å². The molecule has 0 bridgehead atoms. The van der Waals surface area contributed by atoms with E-state index in [1.54, 1.807) is 0 Å². The van der Waals surface area contributed by atoms with E-state index in [2.05, 4.69) is 24.8 Å². The van der Waals surface area contributed by atoms with Gasteiger partial charge < -0.3 is 14.8 Å². The smallest absolute Gasteiger partial charge is 0.353 e. The van der Waals surface area contributed by atoms with E-state index in [9.17, 15) is 13.2 Å². The van der Waals surface area contributed by atoms with E-state index in [0.29, 0.717) is 18.6 Å². The number of halogens is 3. The first-order chi connectivity index (χ1) is 9.95. The van der Waals surface area contributed by atoms with Gasteiger partial charge in [-0.3, -0.25) is 0 Å². The SMILES string of the molecule is CN1CCCN(c2nc(C(F)(F)F)nc3nc[nH]c23)CC1. The number of hydrogen-bond acceptors (Lipinski definition) is 5. The van der Waals surface area contributed by atoms with E-state index in [-0.39, 0.29) is 11.5 Å². The van der Waals surface area contributed by atoms with Gasteiger partial charge in [-0.05, 0) is 20.0 Å². The summed E-state index contributed by atoms with van der Waals surface area (Å²) in [6.45, 7) is 2.98. The second kappa shape index (κ2) is 5.14. The van der Waals surface area contributed by atoms with E-state index >= 15 is 0 Å². The molecule has 21 heavy (non-hydrogen) atoms. The van der Waals surface area contributed by atoms with Gasteiger partial charge >= 0.3 is 6.18 Å². The predicted octanol–water partition coefficient (Wildman–Crippen LogP) is 1.51. The van der Waals surface area contributed by atoms with Crippen molar-refractivity contribution in [1.29, 1.82) is 0 Å². The van der Waals surface area contributed by atoms with Crippen LogP contribution >= 0.6 is 0 Å². The minimum Gasteiger partial charge on any atom is -0.353 e. The Morgan fingerprint density at radius 3 is 2.71 bits per heavy atom. The molecule has 1 aliphatic heterocycles. The van der Waals surface area contributed by atoms with Crippen molar-refractivity contribution >= 4 is 17.0 Å². The lowest BCUT2D eigenvalue weighted by molar-refractivity contribution is -0.144. The second-order valence-electron chi connectivity index (χ2n) is 5.11. The Morgan fingerprint density at radius 2 is 1.95 bits per heavy atom. The molecule has 2 aromatic heterocycles. The van der Waals surface area contributed by atoms with Crippen molar-refractivity contribution in [2.45, 2.75) is 12.6 Å². The molecule has 0 atom stereocenters. The molecule has 1 fully saturated rings. The highest BCUT2D eigenvalue weighted by Gasteiger charge is 2.36. The average Bonchev–Trinajstić information content (AvgIpc) is 2.79. The number of anilines is 1. The molecular weight excluding hydrogens is 285 g/mol. The quantitative estimate of drug-likeness (QED) is 0.865. The van der Waals surface area contributed by atoms with Gasteiger partial charge in [0.1, 0.15) is 5.52 Å². The van der Waals surface area contributed by atoms with Gasteiger partial charge in [-0.1, -0.05) is 0 Å². The van der Waals surface area contributed by atoms with Crippen LogP contribution in [0.4, 0.5) is 19.0 Å². The summed E-state index contributed by atoms with van der Waals surface area (Å²) < 4.78 is 38.8. The Hall–Kier alpha value is -1.90. The Balaban J connectivity index is 2.05. The molecule has 3 rings (SSSR count). The van der Waals surface area contributed by atoms with E-state index in [4.69, 9.17) is 0 Å². The number of H-pyrrole nitrogens is 1. The number of hydrogen-bond donors (Lipinski definition) is 1. The van der Waals surface area contributed by atoms with Crippen molar-refractivity contribution in [2.75, 3.05) is 38.1 Å². The number of rotatable bonds is 1. The molecule has 0 unspecified atom stereocenters. The summed E-state index contributed by atoms with van der Waals surface area (Å²) in [6.07, 6.45) is -2.37. The highest BCUT2D eigenvalue weighted by atomic mass is 19.4. The molecular formula is C12H15F3N6. The summed E-state index contributed by atoms with van der Waals surface area (Å²) in [5.74, 6) is -0.866. The van der Waals surface area contributed by atoms with Crippen LogP contribution in [0.25, 0.3) is 11.2 Å². The predicted molar refractivity (Wildman–Crippen MR) is 71.0 cm³/mol. The van der Waals surface area contributed by atoms with Crippen LogP contribution in [-0.2, 0) is 6.18 Å². The maximum Gasteiger partial charge on any atom is 0.451 e. The number of alkyl halides is 3.